The second-order valence-corrected chi connectivity index (χ2v) is 8.47. The number of pyridine rings is 1. The Bertz CT molecular complexity index is 1230. The lowest BCUT2D eigenvalue weighted by atomic mass is 9.87. The van der Waals surface area contributed by atoms with Crippen LogP contribution in [0.5, 0.6) is 11.5 Å². The number of nitrogens with two attached hydrogens (primary N) is 1. The van der Waals surface area contributed by atoms with Gasteiger partial charge in [-0.05, 0) is 66.8 Å². The van der Waals surface area contributed by atoms with Crippen molar-refractivity contribution in [3.05, 3.63) is 70.8 Å². The molecule has 1 unspecified atom stereocenters. The fourth-order valence-electron chi connectivity index (χ4n) is 4.34. The van der Waals surface area contributed by atoms with Crippen LogP contribution in [0.1, 0.15) is 41.0 Å². The number of phenolic OH excluding ortho intramolecular Hbond substituents is 1. The van der Waals surface area contributed by atoms with E-state index < -0.39 is 11.7 Å². The summed E-state index contributed by atoms with van der Waals surface area (Å²) in [5.74, 6) is 0.625. The zero-order valence-electron chi connectivity index (χ0n) is 18.9. The molecule has 6 nitrogen and oxygen atoms in total. The van der Waals surface area contributed by atoms with E-state index in [1.807, 2.05) is 6.07 Å². The fourth-order valence-corrected chi connectivity index (χ4v) is 4.34. The topological polar surface area (TPSA) is 104 Å². The van der Waals surface area contributed by atoms with Crippen molar-refractivity contribution in [3.8, 4) is 28.8 Å². The minimum atomic E-state index is -4.41. The van der Waals surface area contributed by atoms with Crippen LogP contribution in [0, 0.1) is 11.3 Å². The van der Waals surface area contributed by atoms with Gasteiger partial charge in [-0.25, -0.2) is 4.98 Å². The van der Waals surface area contributed by atoms with E-state index in [1.54, 1.807) is 12.1 Å². The van der Waals surface area contributed by atoms with Crippen LogP contribution in [0.3, 0.4) is 0 Å². The molecule has 182 valence electrons. The fraction of sp³-hybridized carbons (Fsp3) is 0.308. The van der Waals surface area contributed by atoms with Crippen LogP contribution in [0.15, 0.2) is 48.5 Å². The van der Waals surface area contributed by atoms with Gasteiger partial charge in [0.15, 0.2) is 0 Å². The summed E-state index contributed by atoms with van der Waals surface area (Å²) in [4.78, 5) is 4.47. The van der Waals surface area contributed by atoms with E-state index in [0.29, 0.717) is 28.1 Å². The number of nitrogens with one attached hydrogen (secondary N) is 1. The van der Waals surface area contributed by atoms with Gasteiger partial charge in [-0.1, -0.05) is 18.2 Å². The van der Waals surface area contributed by atoms with Crippen LogP contribution in [0.25, 0.3) is 11.3 Å². The van der Waals surface area contributed by atoms with Gasteiger partial charge in [-0.15, -0.1) is 0 Å². The number of rotatable bonds is 6. The largest absolute Gasteiger partial charge is 0.507 e. The van der Waals surface area contributed by atoms with Crippen molar-refractivity contribution in [2.24, 2.45) is 0 Å². The van der Waals surface area contributed by atoms with Crippen molar-refractivity contribution in [2.75, 3.05) is 18.8 Å². The van der Waals surface area contributed by atoms with E-state index in [9.17, 15) is 23.5 Å². The maximum atomic E-state index is 12.8. The highest BCUT2D eigenvalue weighted by atomic mass is 19.4. The predicted octanol–water partition coefficient (Wildman–Crippen LogP) is 5.17. The number of phenols is 1. The molecule has 0 amide bonds. The van der Waals surface area contributed by atoms with Crippen LogP contribution in [-0.2, 0) is 19.2 Å². The Labute approximate surface area is 201 Å². The van der Waals surface area contributed by atoms with Crippen LogP contribution in [0.2, 0.25) is 0 Å². The highest BCUT2D eigenvalue weighted by Crippen LogP contribution is 2.40. The third kappa shape index (κ3) is 5.49. The molecule has 1 saturated heterocycles. The highest BCUT2D eigenvalue weighted by molar-refractivity contribution is 5.76. The average Bonchev–Trinajstić information content (AvgIpc) is 2.84. The van der Waals surface area contributed by atoms with Gasteiger partial charge in [0.25, 0.3) is 0 Å². The number of nitrogen functional groups attached to an aromatic ring is 1. The number of aromatic nitrogens is 1. The zero-order chi connectivity index (χ0) is 25.0. The van der Waals surface area contributed by atoms with Crippen molar-refractivity contribution in [1.29, 1.82) is 5.26 Å². The third-order valence-corrected chi connectivity index (χ3v) is 6.12. The molecule has 1 aromatic heterocycles. The lowest BCUT2D eigenvalue weighted by Crippen LogP contribution is -2.29. The molecule has 35 heavy (non-hydrogen) atoms. The molecule has 4 N–H and O–H groups in total. The number of aromatic hydroxyl groups is 1. The first-order valence-corrected chi connectivity index (χ1v) is 11.3. The summed E-state index contributed by atoms with van der Waals surface area (Å²) in [6, 6.07) is 13.5. The summed E-state index contributed by atoms with van der Waals surface area (Å²) in [5.41, 5.74) is 8.42. The lowest BCUT2D eigenvalue weighted by Gasteiger charge is -2.26. The Morgan fingerprint density at radius 1 is 1.20 bits per heavy atom. The van der Waals surface area contributed by atoms with Gasteiger partial charge < -0.3 is 20.9 Å². The Morgan fingerprint density at radius 3 is 2.63 bits per heavy atom. The van der Waals surface area contributed by atoms with Gasteiger partial charge in [0, 0.05) is 12.1 Å². The first-order valence-electron chi connectivity index (χ1n) is 11.3. The summed E-state index contributed by atoms with van der Waals surface area (Å²) in [6.45, 7) is 1.67. The van der Waals surface area contributed by atoms with Crippen LogP contribution in [0.4, 0.5) is 19.0 Å². The molecule has 0 spiro atoms. The van der Waals surface area contributed by atoms with Gasteiger partial charge in [0.2, 0.25) is 0 Å². The number of halogens is 3. The first-order chi connectivity index (χ1) is 16.8. The van der Waals surface area contributed by atoms with Crippen LogP contribution < -0.4 is 15.8 Å². The predicted molar refractivity (Wildman–Crippen MR) is 126 cm³/mol. The van der Waals surface area contributed by atoms with Crippen molar-refractivity contribution in [2.45, 2.75) is 38.0 Å². The molecule has 1 fully saturated rings. The van der Waals surface area contributed by atoms with E-state index in [1.165, 1.54) is 18.2 Å². The highest BCUT2D eigenvalue weighted by Gasteiger charge is 2.30. The Hall–Kier alpha value is -3.77. The van der Waals surface area contributed by atoms with Gasteiger partial charge in [0.1, 0.15) is 23.9 Å². The summed E-state index contributed by atoms with van der Waals surface area (Å²) in [6.07, 6.45) is -2.35. The summed E-state index contributed by atoms with van der Waals surface area (Å²) >= 11 is 0. The maximum absolute atomic E-state index is 12.8. The summed E-state index contributed by atoms with van der Waals surface area (Å²) in [5, 5.41) is 23.4. The summed E-state index contributed by atoms with van der Waals surface area (Å²) < 4.78 is 44.4. The molecule has 9 heteroatoms. The molecule has 0 radical (unpaired) electrons. The normalized spacial score (nSPS) is 16.0. The second kappa shape index (κ2) is 10.2. The zero-order valence-corrected chi connectivity index (χ0v) is 18.9. The Balaban J connectivity index is 1.67. The number of nitrogens with zero attached hydrogens (tertiary/aromatic N) is 2. The maximum Gasteiger partial charge on any atom is 0.416 e. The van der Waals surface area contributed by atoms with E-state index in [-0.39, 0.29) is 30.5 Å². The quantitative estimate of drug-likeness (QED) is 0.448. The molecule has 3 aromatic rings. The Kier molecular flexibility index (Phi) is 7.12. The molecular weight excluding hydrogens is 457 g/mol. The number of alkyl halides is 3. The molecule has 1 atom stereocenters. The molecule has 2 aromatic carbocycles. The van der Waals surface area contributed by atoms with E-state index >= 15 is 0 Å². The Morgan fingerprint density at radius 2 is 1.97 bits per heavy atom. The SMILES string of the molecule is N#CCc1c(C2CCCNC2)cc(-c2c(O)cccc2OCc2ccc(C(F)(F)F)cc2)nc1N. The van der Waals surface area contributed by atoms with Gasteiger partial charge >= 0.3 is 6.18 Å². The molecular formula is C26H25F3N4O2. The smallest absolute Gasteiger partial charge is 0.416 e. The number of anilines is 1. The molecule has 1 aliphatic rings. The standard InChI is InChI=1S/C26H25F3N4O2/c27-26(28,29)18-8-6-16(7-9-18)15-35-23-5-1-4-22(34)24(23)21-13-20(17-3-2-12-32-14-17)19(10-11-30)25(31)33-21/h1,4-9,13,17,32,34H,2-3,10,12,14-15H2,(H2,31,33). The summed E-state index contributed by atoms with van der Waals surface area (Å²) in [7, 11) is 0. The van der Waals surface area contributed by atoms with Crippen LogP contribution in [-0.4, -0.2) is 23.2 Å². The van der Waals surface area contributed by atoms with Crippen LogP contribution >= 0.6 is 0 Å². The third-order valence-electron chi connectivity index (χ3n) is 6.12. The van der Waals surface area contributed by atoms with E-state index in [0.717, 1.165) is 43.6 Å². The molecule has 1 aliphatic heterocycles. The molecule has 0 aliphatic carbocycles. The molecule has 0 bridgehead atoms. The van der Waals surface area contributed by atoms with Gasteiger partial charge in [-0.2, -0.15) is 18.4 Å². The van der Waals surface area contributed by atoms with Gasteiger partial charge in [0.05, 0.1) is 29.3 Å². The number of hydrogen-bond donors (Lipinski definition) is 3. The monoisotopic (exact) mass is 482 g/mol. The second-order valence-electron chi connectivity index (χ2n) is 8.47. The lowest BCUT2D eigenvalue weighted by molar-refractivity contribution is -0.137. The van der Waals surface area contributed by atoms with E-state index in [4.69, 9.17) is 10.5 Å². The number of nitriles is 1. The van der Waals surface area contributed by atoms with Crippen molar-refractivity contribution in [1.82, 2.24) is 10.3 Å². The minimum Gasteiger partial charge on any atom is -0.507 e. The van der Waals surface area contributed by atoms with Gasteiger partial charge in [-0.3, -0.25) is 0 Å². The number of ether oxygens (including phenoxy) is 1. The number of hydrogen-bond acceptors (Lipinski definition) is 6. The minimum absolute atomic E-state index is 0.00398. The molecule has 0 saturated carbocycles. The van der Waals surface area contributed by atoms with Crippen molar-refractivity contribution >= 4 is 5.82 Å². The van der Waals surface area contributed by atoms with E-state index in [2.05, 4.69) is 16.4 Å². The van der Waals surface area contributed by atoms with Crippen molar-refractivity contribution in [3.63, 3.8) is 0 Å². The first kappa shape index (κ1) is 24.4. The molecule has 2 heterocycles. The van der Waals surface area contributed by atoms with Crippen molar-refractivity contribution < 1.29 is 23.0 Å². The molecule has 4 rings (SSSR count). The number of piperidine rings is 1. The average molecular weight is 483 g/mol. The number of benzene rings is 2.